The number of ether oxygens (including phenoxy) is 2. The van der Waals surface area contributed by atoms with E-state index in [4.69, 9.17) is 29.6 Å². The van der Waals surface area contributed by atoms with Crippen molar-refractivity contribution in [3.05, 3.63) is 88.6 Å². The van der Waals surface area contributed by atoms with E-state index in [0.29, 0.717) is 24.5 Å². The van der Waals surface area contributed by atoms with Gasteiger partial charge in [-0.2, -0.15) is 18.4 Å². The number of carbonyl (C=O) groups is 2. The summed E-state index contributed by atoms with van der Waals surface area (Å²) in [5.74, 6) is -2.51. The number of pyridine rings is 1. The predicted molar refractivity (Wildman–Crippen MR) is 166 cm³/mol. The van der Waals surface area contributed by atoms with Crippen molar-refractivity contribution in [3.63, 3.8) is 0 Å². The van der Waals surface area contributed by atoms with Crippen molar-refractivity contribution in [3.8, 4) is 11.9 Å². The van der Waals surface area contributed by atoms with Gasteiger partial charge in [0.1, 0.15) is 18.2 Å². The number of hydrogen-bond acceptors (Lipinski definition) is 8. The van der Waals surface area contributed by atoms with Crippen LogP contribution in [0.3, 0.4) is 0 Å². The summed E-state index contributed by atoms with van der Waals surface area (Å²) >= 11 is 0. The smallest absolute Gasteiger partial charge is 0.478 e. The minimum absolute atomic E-state index is 0.0327. The summed E-state index contributed by atoms with van der Waals surface area (Å²) in [5.41, 5.74) is 3.53. The van der Waals surface area contributed by atoms with E-state index in [1.54, 1.807) is 36.5 Å². The van der Waals surface area contributed by atoms with E-state index in [2.05, 4.69) is 14.5 Å². The van der Waals surface area contributed by atoms with Gasteiger partial charge < -0.3 is 24.3 Å². The fourth-order valence-corrected chi connectivity index (χ4v) is 5.94. The molecule has 2 aliphatic rings. The average Bonchev–Trinajstić information content (AvgIpc) is 3.72. The Balaban J connectivity index is 0.000000606. The SMILES string of the molecule is N#Cc1ccc(COc2ncccc2C2CCN(Cc3nc4ccc(C(=O)O)cc4n3C[C@@H]3CCCO3)CC2)c(F)c1.O=C(O)C(F)(F)F. The van der Waals surface area contributed by atoms with Crippen molar-refractivity contribution in [1.82, 2.24) is 19.4 Å². The number of alkyl halides is 3. The third-order valence-electron chi connectivity index (χ3n) is 8.47. The summed E-state index contributed by atoms with van der Waals surface area (Å²) in [4.78, 5) is 32.3. The number of halogens is 4. The van der Waals surface area contributed by atoms with E-state index in [9.17, 15) is 27.5 Å². The van der Waals surface area contributed by atoms with Gasteiger partial charge in [0.05, 0.1) is 47.4 Å². The second kappa shape index (κ2) is 15.4. The molecule has 0 saturated carbocycles. The zero-order valence-electron chi connectivity index (χ0n) is 26.2. The molecule has 0 unspecified atom stereocenters. The van der Waals surface area contributed by atoms with Crippen molar-refractivity contribution in [2.75, 3.05) is 19.7 Å². The molecule has 2 fully saturated rings. The number of nitriles is 1. The van der Waals surface area contributed by atoms with Gasteiger partial charge in [0.2, 0.25) is 5.88 Å². The predicted octanol–water partition coefficient (Wildman–Crippen LogP) is 5.91. The first-order valence-electron chi connectivity index (χ1n) is 15.6. The molecule has 1 atom stereocenters. The largest absolute Gasteiger partial charge is 0.490 e. The molecule has 49 heavy (non-hydrogen) atoms. The maximum Gasteiger partial charge on any atom is 0.490 e. The van der Waals surface area contributed by atoms with Crippen LogP contribution >= 0.6 is 0 Å². The lowest BCUT2D eigenvalue weighted by Crippen LogP contribution is -2.34. The summed E-state index contributed by atoms with van der Waals surface area (Å²) < 4.78 is 60.1. The molecule has 258 valence electrons. The molecule has 11 nitrogen and oxygen atoms in total. The highest BCUT2D eigenvalue weighted by molar-refractivity contribution is 5.92. The number of aromatic carboxylic acids is 1. The van der Waals surface area contributed by atoms with Crippen LogP contribution < -0.4 is 4.74 Å². The molecule has 0 spiro atoms. The highest BCUT2D eigenvalue weighted by atomic mass is 19.4. The minimum atomic E-state index is -5.08. The molecular weight excluding hydrogens is 650 g/mol. The number of hydrogen-bond donors (Lipinski definition) is 2. The van der Waals surface area contributed by atoms with E-state index in [0.717, 1.165) is 67.8 Å². The second-order valence-corrected chi connectivity index (χ2v) is 11.7. The molecule has 15 heteroatoms. The summed E-state index contributed by atoms with van der Waals surface area (Å²) in [5, 5.41) is 25.7. The van der Waals surface area contributed by atoms with Gasteiger partial charge in [0, 0.05) is 23.9 Å². The minimum Gasteiger partial charge on any atom is -0.478 e. The monoisotopic (exact) mass is 683 g/mol. The summed E-state index contributed by atoms with van der Waals surface area (Å²) in [7, 11) is 0. The van der Waals surface area contributed by atoms with Gasteiger partial charge in [-0.05, 0) is 81.1 Å². The van der Waals surface area contributed by atoms with Crippen LogP contribution in [-0.2, 0) is 29.2 Å². The van der Waals surface area contributed by atoms with Crippen LogP contribution in [0.2, 0.25) is 0 Å². The van der Waals surface area contributed by atoms with Crippen LogP contribution in [-0.4, -0.2) is 73.6 Å². The van der Waals surface area contributed by atoms with Crippen LogP contribution in [0.5, 0.6) is 5.88 Å². The molecule has 2 N–H and O–H groups in total. The van der Waals surface area contributed by atoms with Crippen LogP contribution in [0.15, 0.2) is 54.7 Å². The Bertz CT molecular complexity index is 1840. The Hall–Kier alpha value is -5.07. The lowest BCUT2D eigenvalue weighted by molar-refractivity contribution is -0.192. The fraction of sp³-hybridized carbons (Fsp3) is 0.382. The zero-order valence-corrected chi connectivity index (χ0v) is 26.2. The van der Waals surface area contributed by atoms with Gasteiger partial charge in [-0.1, -0.05) is 12.1 Å². The molecule has 6 rings (SSSR count). The third-order valence-corrected chi connectivity index (χ3v) is 8.47. The van der Waals surface area contributed by atoms with Gasteiger partial charge >= 0.3 is 18.1 Å². The Morgan fingerprint density at radius 3 is 2.47 bits per heavy atom. The molecular formula is C34H33F4N5O6. The molecule has 0 bridgehead atoms. The van der Waals surface area contributed by atoms with Crippen LogP contribution in [0.1, 0.15) is 64.5 Å². The van der Waals surface area contributed by atoms with Gasteiger partial charge in [0.15, 0.2) is 0 Å². The lowest BCUT2D eigenvalue weighted by atomic mass is 9.90. The third kappa shape index (κ3) is 8.89. The number of carboxylic acid groups (broad SMARTS) is 2. The fourth-order valence-electron chi connectivity index (χ4n) is 5.94. The number of fused-ring (bicyclic) bond motifs is 1. The average molecular weight is 684 g/mol. The molecule has 2 saturated heterocycles. The quantitative estimate of drug-likeness (QED) is 0.204. The molecule has 4 aromatic rings. The number of aliphatic carboxylic acids is 1. The summed E-state index contributed by atoms with van der Waals surface area (Å²) in [6, 6.07) is 15.3. The lowest BCUT2D eigenvalue weighted by Gasteiger charge is -2.32. The Morgan fingerprint density at radius 1 is 1.08 bits per heavy atom. The number of nitrogens with zero attached hydrogens (tertiary/aromatic N) is 5. The van der Waals surface area contributed by atoms with E-state index in [-0.39, 0.29) is 29.8 Å². The first kappa shape index (κ1) is 35.2. The van der Waals surface area contributed by atoms with E-state index in [1.165, 1.54) is 6.07 Å². The number of rotatable bonds is 9. The topological polar surface area (TPSA) is 151 Å². The van der Waals surface area contributed by atoms with Gasteiger partial charge in [-0.3, -0.25) is 4.90 Å². The number of aromatic nitrogens is 3. The highest BCUT2D eigenvalue weighted by Gasteiger charge is 2.38. The van der Waals surface area contributed by atoms with Gasteiger partial charge in [0.25, 0.3) is 0 Å². The van der Waals surface area contributed by atoms with Crippen LogP contribution in [0.25, 0.3) is 11.0 Å². The van der Waals surface area contributed by atoms with Crippen LogP contribution in [0.4, 0.5) is 17.6 Å². The molecule has 4 heterocycles. The Kier molecular flexibility index (Phi) is 11.1. The Labute approximate surface area is 278 Å². The van der Waals surface area contributed by atoms with Crippen molar-refractivity contribution in [2.24, 2.45) is 0 Å². The number of imidazole rings is 1. The van der Waals surface area contributed by atoms with E-state index >= 15 is 0 Å². The zero-order chi connectivity index (χ0) is 35.1. The van der Waals surface area contributed by atoms with Gasteiger partial charge in [-0.25, -0.2) is 23.9 Å². The number of benzene rings is 2. The Morgan fingerprint density at radius 2 is 1.84 bits per heavy atom. The molecule has 0 aliphatic carbocycles. The first-order chi connectivity index (χ1) is 23.4. The molecule has 2 aromatic heterocycles. The summed E-state index contributed by atoms with van der Waals surface area (Å²) in [6.07, 6.45) is 0.518. The van der Waals surface area contributed by atoms with Crippen molar-refractivity contribution in [2.45, 2.75) is 63.6 Å². The molecule has 2 aliphatic heterocycles. The number of piperidine rings is 1. The van der Waals surface area contributed by atoms with Crippen molar-refractivity contribution < 1.29 is 46.8 Å². The van der Waals surface area contributed by atoms with Crippen molar-refractivity contribution >= 4 is 23.0 Å². The maximum atomic E-state index is 14.4. The second-order valence-electron chi connectivity index (χ2n) is 11.7. The van der Waals surface area contributed by atoms with Crippen molar-refractivity contribution in [1.29, 1.82) is 5.26 Å². The normalized spacial score (nSPS) is 16.9. The summed E-state index contributed by atoms with van der Waals surface area (Å²) in [6.45, 7) is 3.81. The highest BCUT2D eigenvalue weighted by Crippen LogP contribution is 2.34. The van der Waals surface area contributed by atoms with Crippen LogP contribution in [0, 0.1) is 17.1 Å². The molecule has 0 amide bonds. The maximum absolute atomic E-state index is 14.4. The first-order valence-corrected chi connectivity index (χ1v) is 15.6. The van der Waals surface area contributed by atoms with E-state index in [1.807, 2.05) is 18.2 Å². The molecule has 2 aromatic carbocycles. The number of likely N-dealkylation sites (tertiary alicyclic amines) is 1. The number of carboxylic acids is 2. The van der Waals surface area contributed by atoms with Gasteiger partial charge in [-0.15, -0.1) is 0 Å². The molecule has 0 radical (unpaired) electrons. The van der Waals surface area contributed by atoms with E-state index < -0.39 is 23.9 Å². The standard InChI is InChI=1S/C32H32FN5O4.C2HF3O2/c33-27-15-21(17-34)5-6-24(27)20-42-31-26(4-1-11-35-31)22-9-12-37(13-10-22)19-30-36-28-8-7-23(32(39)40)16-29(28)38(30)18-25-3-2-14-41-25;3-2(4,5)1(6)7/h1,4-8,11,15-16,22,25H,2-3,9-10,12-14,18-20H2,(H,39,40);(H,6,7)/t25-;/m0./s1.